The van der Waals surface area contributed by atoms with Crippen LogP contribution in [0.3, 0.4) is 0 Å². The van der Waals surface area contributed by atoms with Crippen molar-refractivity contribution in [3.8, 4) is 5.75 Å². The Labute approximate surface area is 103 Å². The van der Waals surface area contributed by atoms with Gasteiger partial charge in [-0.05, 0) is 17.7 Å². The van der Waals surface area contributed by atoms with Gasteiger partial charge in [-0.15, -0.1) is 11.6 Å². The summed E-state index contributed by atoms with van der Waals surface area (Å²) < 4.78 is 5.03. The molecule has 1 aromatic carbocycles. The lowest BCUT2D eigenvalue weighted by molar-refractivity contribution is -0.153. The van der Waals surface area contributed by atoms with Crippen LogP contribution in [0.1, 0.15) is 17.2 Å². The van der Waals surface area contributed by atoms with Crippen LogP contribution in [0.4, 0.5) is 0 Å². The molecule has 5 nitrogen and oxygen atoms in total. The number of carboxylic acids is 1. The molecule has 0 aliphatic carbocycles. The first-order valence-electron chi connectivity index (χ1n) is 4.83. The smallest absolute Gasteiger partial charge is 0.335 e. The molecule has 1 rings (SSSR count). The first kappa shape index (κ1) is 13.8. The predicted molar refractivity (Wildman–Crippen MR) is 61.2 cm³/mol. The van der Waals surface area contributed by atoms with E-state index in [0.29, 0.717) is 11.3 Å². The van der Waals surface area contributed by atoms with Crippen molar-refractivity contribution in [2.24, 2.45) is 0 Å². The molecule has 0 aliphatic rings. The molecule has 0 saturated carbocycles. The van der Waals surface area contributed by atoms with Crippen molar-refractivity contribution in [2.45, 2.75) is 18.1 Å². The van der Waals surface area contributed by atoms with E-state index in [2.05, 4.69) is 0 Å². The second-order valence-corrected chi connectivity index (χ2v) is 3.70. The molecule has 0 saturated heterocycles. The van der Waals surface area contributed by atoms with Crippen LogP contribution in [0.15, 0.2) is 18.2 Å². The van der Waals surface area contributed by atoms with E-state index < -0.39 is 18.2 Å². The molecule has 0 radical (unpaired) electrons. The van der Waals surface area contributed by atoms with Crippen molar-refractivity contribution in [3.05, 3.63) is 29.3 Å². The number of hydrogen-bond donors (Lipinski definition) is 3. The lowest BCUT2D eigenvalue weighted by Gasteiger charge is -2.16. The van der Waals surface area contributed by atoms with Gasteiger partial charge in [0.05, 0.1) is 13.0 Å². The average molecular weight is 261 g/mol. The topological polar surface area (TPSA) is 87.0 Å². The second-order valence-electron chi connectivity index (χ2n) is 3.43. The summed E-state index contributed by atoms with van der Waals surface area (Å²) in [4.78, 5) is 10.5. The number of aliphatic hydroxyl groups excluding tert-OH is 2. The van der Waals surface area contributed by atoms with E-state index in [1.807, 2.05) is 0 Å². The van der Waals surface area contributed by atoms with Gasteiger partial charge in [-0.2, -0.15) is 0 Å². The molecule has 0 amide bonds. The first-order valence-corrected chi connectivity index (χ1v) is 5.36. The molecular weight excluding hydrogens is 248 g/mol. The molecule has 3 N–H and O–H groups in total. The van der Waals surface area contributed by atoms with Crippen molar-refractivity contribution in [2.75, 3.05) is 7.11 Å². The summed E-state index contributed by atoms with van der Waals surface area (Å²) in [7, 11) is 1.48. The third kappa shape index (κ3) is 3.09. The molecule has 1 aromatic rings. The van der Waals surface area contributed by atoms with Crippen LogP contribution < -0.4 is 4.74 Å². The van der Waals surface area contributed by atoms with E-state index in [-0.39, 0.29) is 11.4 Å². The molecular formula is C11H13ClO5. The maximum atomic E-state index is 10.5. The van der Waals surface area contributed by atoms with Crippen molar-refractivity contribution in [3.63, 3.8) is 0 Å². The van der Waals surface area contributed by atoms with E-state index in [1.54, 1.807) is 6.07 Å². The lowest BCUT2D eigenvalue weighted by Crippen LogP contribution is -2.27. The summed E-state index contributed by atoms with van der Waals surface area (Å²) >= 11 is 5.69. The number of carbonyl (C=O) groups is 1. The minimum Gasteiger partial charge on any atom is -0.496 e. The molecule has 94 valence electrons. The monoisotopic (exact) mass is 260 g/mol. The summed E-state index contributed by atoms with van der Waals surface area (Å²) in [5.41, 5.74) is 0.889. The molecule has 0 bridgehead atoms. The quantitative estimate of drug-likeness (QED) is 0.685. The predicted octanol–water partition coefficient (Wildman–Crippen LogP) is 0.913. The third-order valence-corrected chi connectivity index (χ3v) is 2.63. The summed E-state index contributed by atoms with van der Waals surface area (Å²) in [5, 5.41) is 27.4. The van der Waals surface area contributed by atoms with Crippen molar-refractivity contribution < 1.29 is 24.9 Å². The third-order valence-electron chi connectivity index (χ3n) is 2.34. The fourth-order valence-electron chi connectivity index (χ4n) is 1.40. The zero-order valence-electron chi connectivity index (χ0n) is 9.13. The van der Waals surface area contributed by atoms with Gasteiger partial charge in [0.15, 0.2) is 6.10 Å². The molecule has 0 aliphatic heterocycles. The standard InChI is InChI=1S/C11H13ClO5/c1-17-8-3-2-6(4-7(8)5-12)9(13)10(14)11(15)16/h2-4,9-10,13-14H,5H2,1H3,(H,15,16). The highest BCUT2D eigenvalue weighted by Gasteiger charge is 2.25. The normalized spacial score (nSPS) is 14.1. The Bertz CT molecular complexity index is 407. The Hall–Kier alpha value is -1.30. The molecule has 0 aromatic heterocycles. The minimum absolute atomic E-state index is 0.160. The van der Waals surface area contributed by atoms with Gasteiger partial charge in [0.25, 0.3) is 0 Å². The molecule has 17 heavy (non-hydrogen) atoms. The molecule has 2 atom stereocenters. The van der Waals surface area contributed by atoms with Crippen LogP contribution in [-0.4, -0.2) is 34.5 Å². The number of ether oxygens (including phenoxy) is 1. The number of hydrogen-bond acceptors (Lipinski definition) is 4. The number of halogens is 1. The molecule has 0 fully saturated rings. The Morgan fingerprint density at radius 2 is 2.12 bits per heavy atom. The molecule has 6 heteroatoms. The van der Waals surface area contributed by atoms with Crippen LogP contribution in [0, 0.1) is 0 Å². The van der Waals surface area contributed by atoms with Gasteiger partial charge in [0, 0.05) is 5.56 Å². The Morgan fingerprint density at radius 1 is 1.47 bits per heavy atom. The summed E-state index contributed by atoms with van der Waals surface area (Å²) in [6, 6.07) is 4.54. The fourth-order valence-corrected chi connectivity index (χ4v) is 1.61. The number of methoxy groups -OCH3 is 1. The summed E-state index contributed by atoms with van der Waals surface area (Å²) in [5.74, 6) is -0.783. The first-order chi connectivity index (χ1) is 8.01. The van der Waals surface area contributed by atoms with Crippen molar-refractivity contribution in [1.82, 2.24) is 0 Å². The summed E-state index contributed by atoms with van der Waals surface area (Å²) in [6.07, 6.45) is -3.37. The largest absolute Gasteiger partial charge is 0.496 e. The van der Waals surface area contributed by atoms with Gasteiger partial charge in [-0.1, -0.05) is 6.07 Å². The van der Waals surface area contributed by atoms with Crippen LogP contribution >= 0.6 is 11.6 Å². The fraction of sp³-hybridized carbons (Fsp3) is 0.364. The van der Waals surface area contributed by atoms with E-state index in [4.69, 9.17) is 21.4 Å². The number of alkyl halides is 1. The van der Waals surface area contributed by atoms with Crippen molar-refractivity contribution in [1.29, 1.82) is 0 Å². The number of benzene rings is 1. The highest BCUT2D eigenvalue weighted by atomic mass is 35.5. The number of aliphatic hydroxyl groups is 2. The van der Waals surface area contributed by atoms with E-state index >= 15 is 0 Å². The maximum absolute atomic E-state index is 10.5. The van der Waals surface area contributed by atoms with Crippen LogP contribution in [0.2, 0.25) is 0 Å². The van der Waals surface area contributed by atoms with E-state index in [9.17, 15) is 15.0 Å². The number of carboxylic acid groups (broad SMARTS) is 1. The van der Waals surface area contributed by atoms with Crippen LogP contribution in [-0.2, 0) is 10.7 Å². The average Bonchev–Trinajstić information content (AvgIpc) is 2.35. The van der Waals surface area contributed by atoms with Gasteiger partial charge in [0.2, 0.25) is 0 Å². The Kier molecular flexibility index (Phi) is 4.74. The number of aliphatic carboxylic acids is 1. The van der Waals surface area contributed by atoms with Gasteiger partial charge < -0.3 is 20.1 Å². The van der Waals surface area contributed by atoms with Gasteiger partial charge in [-0.3, -0.25) is 0 Å². The van der Waals surface area contributed by atoms with Gasteiger partial charge >= 0.3 is 5.97 Å². The summed E-state index contributed by atoms with van der Waals surface area (Å²) in [6.45, 7) is 0. The lowest BCUT2D eigenvalue weighted by atomic mass is 10.0. The van der Waals surface area contributed by atoms with Crippen LogP contribution in [0.5, 0.6) is 5.75 Å². The highest BCUT2D eigenvalue weighted by Crippen LogP contribution is 2.26. The van der Waals surface area contributed by atoms with Gasteiger partial charge in [-0.25, -0.2) is 4.79 Å². The highest BCUT2D eigenvalue weighted by molar-refractivity contribution is 6.17. The molecule has 0 spiro atoms. The van der Waals surface area contributed by atoms with E-state index in [0.717, 1.165) is 0 Å². The zero-order chi connectivity index (χ0) is 13.0. The second kappa shape index (κ2) is 5.86. The van der Waals surface area contributed by atoms with Crippen LogP contribution in [0.25, 0.3) is 0 Å². The molecule has 2 unspecified atom stereocenters. The van der Waals surface area contributed by atoms with Crippen molar-refractivity contribution >= 4 is 17.6 Å². The SMILES string of the molecule is COc1ccc(C(O)C(O)C(=O)O)cc1CCl. The van der Waals surface area contributed by atoms with E-state index in [1.165, 1.54) is 19.2 Å². The Balaban J connectivity index is 3.03. The zero-order valence-corrected chi connectivity index (χ0v) is 9.89. The van der Waals surface area contributed by atoms with Gasteiger partial charge in [0.1, 0.15) is 11.9 Å². The molecule has 0 heterocycles. The minimum atomic E-state index is -1.87. The Morgan fingerprint density at radius 3 is 2.59 bits per heavy atom. The number of rotatable bonds is 5. The maximum Gasteiger partial charge on any atom is 0.335 e.